The van der Waals surface area contributed by atoms with Crippen molar-refractivity contribution in [2.24, 2.45) is 7.05 Å². The molecule has 0 bridgehead atoms. The van der Waals surface area contributed by atoms with E-state index >= 15 is 0 Å². The van der Waals surface area contributed by atoms with Crippen molar-refractivity contribution in [3.8, 4) is 11.3 Å². The Morgan fingerprint density at radius 2 is 1.89 bits per heavy atom. The molecule has 0 unspecified atom stereocenters. The van der Waals surface area contributed by atoms with E-state index in [9.17, 15) is 4.79 Å². The number of anilines is 1. The monoisotopic (exact) mass is 378 g/mol. The molecule has 7 heteroatoms. The third kappa shape index (κ3) is 3.40. The standard InChI is InChI=1S/C21H26N6O/c1-14-13-22-24-18(14)17-9-11-27(12-10-17)21(28)23-20-15(2)19(25-26(20)3)16-7-5-4-6-8-16/h4-8,13,17H,9-12H2,1-3H3,(H,22,24)(H,23,28). The van der Waals surface area contributed by atoms with Crippen molar-refractivity contribution in [3.63, 3.8) is 0 Å². The zero-order valence-electron chi connectivity index (χ0n) is 16.6. The van der Waals surface area contributed by atoms with Crippen LogP contribution in [0.2, 0.25) is 0 Å². The van der Waals surface area contributed by atoms with E-state index in [1.165, 1.54) is 11.3 Å². The summed E-state index contributed by atoms with van der Waals surface area (Å²) in [5, 5.41) is 14.9. The number of aryl methyl sites for hydroxylation is 2. The van der Waals surface area contributed by atoms with Gasteiger partial charge in [0, 0.05) is 42.9 Å². The average molecular weight is 378 g/mol. The largest absolute Gasteiger partial charge is 0.324 e. The van der Waals surface area contributed by atoms with Crippen LogP contribution >= 0.6 is 0 Å². The van der Waals surface area contributed by atoms with E-state index in [4.69, 9.17) is 0 Å². The van der Waals surface area contributed by atoms with Crippen LogP contribution in [-0.4, -0.2) is 44.0 Å². The van der Waals surface area contributed by atoms with Crippen LogP contribution in [0.3, 0.4) is 0 Å². The molecule has 28 heavy (non-hydrogen) atoms. The lowest BCUT2D eigenvalue weighted by molar-refractivity contribution is 0.194. The van der Waals surface area contributed by atoms with Gasteiger partial charge in [-0.3, -0.25) is 15.1 Å². The van der Waals surface area contributed by atoms with Crippen molar-refractivity contribution in [1.82, 2.24) is 24.9 Å². The van der Waals surface area contributed by atoms with Crippen LogP contribution < -0.4 is 5.32 Å². The summed E-state index contributed by atoms with van der Waals surface area (Å²) < 4.78 is 1.75. The van der Waals surface area contributed by atoms with Crippen LogP contribution in [0.1, 0.15) is 35.6 Å². The number of piperidine rings is 1. The van der Waals surface area contributed by atoms with Crippen LogP contribution in [-0.2, 0) is 7.05 Å². The molecular weight excluding hydrogens is 352 g/mol. The molecule has 1 fully saturated rings. The fraction of sp³-hybridized carbons (Fsp3) is 0.381. The first-order valence-corrected chi connectivity index (χ1v) is 9.69. The third-order valence-electron chi connectivity index (χ3n) is 5.62. The van der Waals surface area contributed by atoms with Gasteiger partial charge in [0.15, 0.2) is 0 Å². The molecule has 2 aromatic heterocycles. The molecule has 1 saturated heterocycles. The van der Waals surface area contributed by atoms with E-state index in [2.05, 4.69) is 27.5 Å². The highest BCUT2D eigenvalue weighted by atomic mass is 16.2. The minimum atomic E-state index is -0.0644. The molecule has 0 radical (unpaired) electrons. The maximum atomic E-state index is 12.8. The molecule has 4 rings (SSSR count). The number of hydrogen-bond donors (Lipinski definition) is 2. The number of carbonyl (C=O) groups is 1. The molecule has 146 valence electrons. The van der Waals surface area contributed by atoms with Gasteiger partial charge >= 0.3 is 6.03 Å². The SMILES string of the molecule is Cc1cn[nH]c1C1CCN(C(=O)Nc2c(C)c(-c3ccccc3)nn2C)CC1. The van der Waals surface area contributed by atoms with Crippen molar-refractivity contribution in [2.45, 2.75) is 32.6 Å². The van der Waals surface area contributed by atoms with E-state index < -0.39 is 0 Å². The molecule has 1 aromatic carbocycles. The van der Waals surface area contributed by atoms with Crippen LogP contribution in [0, 0.1) is 13.8 Å². The zero-order chi connectivity index (χ0) is 19.7. The van der Waals surface area contributed by atoms with E-state index in [0.29, 0.717) is 5.92 Å². The summed E-state index contributed by atoms with van der Waals surface area (Å²) in [6.07, 6.45) is 3.75. The Balaban J connectivity index is 1.43. The summed E-state index contributed by atoms with van der Waals surface area (Å²) in [6, 6.07) is 9.97. The Morgan fingerprint density at radius 3 is 2.54 bits per heavy atom. The maximum absolute atomic E-state index is 12.8. The van der Waals surface area contributed by atoms with Crippen LogP contribution in [0.15, 0.2) is 36.5 Å². The molecule has 1 aliphatic heterocycles. The molecule has 0 atom stereocenters. The van der Waals surface area contributed by atoms with Crippen molar-refractivity contribution in [2.75, 3.05) is 18.4 Å². The Bertz CT molecular complexity index is 966. The van der Waals surface area contributed by atoms with Gasteiger partial charge in [0.1, 0.15) is 5.82 Å². The molecule has 7 nitrogen and oxygen atoms in total. The summed E-state index contributed by atoms with van der Waals surface area (Å²) in [5.74, 6) is 1.19. The molecule has 0 aliphatic carbocycles. The number of nitrogens with zero attached hydrogens (tertiary/aromatic N) is 4. The molecule has 0 spiro atoms. The fourth-order valence-electron chi connectivity index (χ4n) is 4.00. The van der Waals surface area contributed by atoms with Gasteiger partial charge in [-0.2, -0.15) is 10.2 Å². The first-order chi connectivity index (χ1) is 13.5. The highest BCUT2D eigenvalue weighted by Crippen LogP contribution is 2.30. The van der Waals surface area contributed by atoms with Gasteiger partial charge in [-0.25, -0.2) is 4.79 Å². The Morgan fingerprint density at radius 1 is 1.18 bits per heavy atom. The number of amides is 2. The molecule has 2 amide bonds. The van der Waals surface area contributed by atoms with Crippen molar-refractivity contribution >= 4 is 11.8 Å². The number of H-pyrrole nitrogens is 1. The average Bonchev–Trinajstić information content (AvgIpc) is 3.27. The van der Waals surface area contributed by atoms with E-state index in [-0.39, 0.29) is 6.03 Å². The van der Waals surface area contributed by atoms with E-state index in [0.717, 1.165) is 48.6 Å². The number of carbonyl (C=O) groups excluding carboxylic acids is 1. The van der Waals surface area contributed by atoms with Crippen molar-refractivity contribution in [3.05, 3.63) is 53.3 Å². The lowest BCUT2D eigenvalue weighted by Gasteiger charge is -2.31. The predicted octanol–water partition coefficient (Wildman–Crippen LogP) is 3.84. The van der Waals surface area contributed by atoms with Crippen LogP contribution in [0.4, 0.5) is 10.6 Å². The second-order valence-electron chi connectivity index (χ2n) is 7.47. The number of benzene rings is 1. The van der Waals surface area contributed by atoms with Gasteiger partial charge in [-0.15, -0.1) is 0 Å². The number of likely N-dealkylation sites (tertiary alicyclic amines) is 1. The number of hydrogen-bond acceptors (Lipinski definition) is 3. The van der Waals surface area contributed by atoms with Gasteiger partial charge in [-0.1, -0.05) is 30.3 Å². The van der Waals surface area contributed by atoms with Gasteiger partial charge in [0.05, 0.1) is 11.9 Å². The number of nitrogens with one attached hydrogen (secondary N) is 2. The number of urea groups is 1. The lowest BCUT2D eigenvalue weighted by atomic mass is 9.92. The molecule has 1 aliphatic rings. The van der Waals surface area contributed by atoms with Gasteiger partial charge in [-0.05, 0) is 32.3 Å². The minimum Gasteiger partial charge on any atom is -0.324 e. The quantitative estimate of drug-likeness (QED) is 0.727. The number of rotatable bonds is 3. The number of aromatic amines is 1. The summed E-state index contributed by atoms with van der Waals surface area (Å²) in [5.41, 5.74) is 5.32. The summed E-state index contributed by atoms with van der Waals surface area (Å²) in [7, 11) is 1.86. The molecular formula is C21H26N6O. The second-order valence-corrected chi connectivity index (χ2v) is 7.47. The van der Waals surface area contributed by atoms with Crippen LogP contribution in [0.5, 0.6) is 0 Å². The molecule has 3 heterocycles. The fourth-order valence-corrected chi connectivity index (χ4v) is 4.00. The van der Waals surface area contributed by atoms with Gasteiger partial charge in [0.2, 0.25) is 0 Å². The minimum absolute atomic E-state index is 0.0644. The zero-order valence-corrected chi connectivity index (χ0v) is 16.6. The maximum Gasteiger partial charge on any atom is 0.323 e. The van der Waals surface area contributed by atoms with E-state index in [1.807, 2.05) is 55.4 Å². The van der Waals surface area contributed by atoms with E-state index in [1.54, 1.807) is 4.68 Å². The van der Waals surface area contributed by atoms with Gasteiger partial charge in [0.25, 0.3) is 0 Å². The first kappa shape index (κ1) is 18.3. The predicted molar refractivity (Wildman–Crippen MR) is 109 cm³/mol. The lowest BCUT2D eigenvalue weighted by Crippen LogP contribution is -2.41. The summed E-state index contributed by atoms with van der Waals surface area (Å²) in [4.78, 5) is 14.7. The Kier molecular flexibility index (Phi) is 4.90. The molecule has 3 aromatic rings. The Labute approximate surface area is 164 Å². The highest BCUT2D eigenvalue weighted by molar-refractivity contribution is 5.90. The summed E-state index contributed by atoms with van der Waals surface area (Å²) >= 11 is 0. The Hall–Kier alpha value is -3.09. The topological polar surface area (TPSA) is 78.8 Å². The highest BCUT2D eigenvalue weighted by Gasteiger charge is 2.26. The molecule has 0 saturated carbocycles. The smallest absolute Gasteiger partial charge is 0.323 e. The normalized spacial score (nSPS) is 15.0. The third-order valence-corrected chi connectivity index (χ3v) is 5.62. The second kappa shape index (κ2) is 7.50. The van der Waals surface area contributed by atoms with Crippen molar-refractivity contribution in [1.29, 1.82) is 0 Å². The summed E-state index contributed by atoms with van der Waals surface area (Å²) in [6.45, 7) is 5.54. The van der Waals surface area contributed by atoms with Crippen LogP contribution in [0.25, 0.3) is 11.3 Å². The van der Waals surface area contributed by atoms with Crippen molar-refractivity contribution < 1.29 is 4.79 Å². The van der Waals surface area contributed by atoms with Gasteiger partial charge < -0.3 is 4.90 Å². The molecule has 2 N–H and O–H groups in total. The first-order valence-electron chi connectivity index (χ1n) is 9.69. The number of aromatic nitrogens is 4.